The normalized spacial score (nSPS) is 20.6. The van der Waals surface area contributed by atoms with E-state index in [4.69, 9.17) is 9.47 Å². The van der Waals surface area contributed by atoms with Crippen LogP contribution >= 0.6 is 22.6 Å². The third kappa shape index (κ3) is 8.44. The second-order valence-corrected chi connectivity index (χ2v) is 8.77. The zero-order valence-corrected chi connectivity index (χ0v) is 16.4. The molecule has 0 N–H and O–H groups in total. The minimum absolute atomic E-state index is 0.0948. The van der Waals surface area contributed by atoms with Gasteiger partial charge < -0.3 is 9.47 Å². The second-order valence-electron chi connectivity index (χ2n) is 6.64. The topological polar surface area (TPSA) is 18.5 Å². The van der Waals surface area contributed by atoms with Crippen molar-refractivity contribution in [3.63, 3.8) is 0 Å². The summed E-state index contributed by atoms with van der Waals surface area (Å²) < 4.78 is 12.9. The Kier molecular flexibility index (Phi) is 9.98. The van der Waals surface area contributed by atoms with Crippen molar-refractivity contribution in [2.75, 3.05) is 6.61 Å². The summed E-state index contributed by atoms with van der Waals surface area (Å²) in [6.07, 6.45) is 11.0. The van der Waals surface area contributed by atoms with Gasteiger partial charge in [0, 0.05) is 16.3 Å². The van der Waals surface area contributed by atoms with Crippen LogP contribution in [0.3, 0.4) is 0 Å². The average Bonchev–Trinajstić information content (AvgIpc) is 2.47. The lowest BCUT2D eigenvalue weighted by Gasteiger charge is -2.28. The molecule has 0 aromatic carbocycles. The Morgan fingerprint density at radius 3 is 2.38 bits per heavy atom. The van der Waals surface area contributed by atoms with Crippen LogP contribution in [0.4, 0.5) is 0 Å². The van der Waals surface area contributed by atoms with Crippen LogP contribution in [0.2, 0.25) is 0 Å². The molecule has 2 atom stereocenters. The van der Waals surface area contributed by atoms with Crippen LogP contribution in [-0.2, 0) is 9.47 Å². The fourth-order valence-electron chi connectivity index (χ4n) is 2.71. The predicted octanol–water partition coefficient (Wildman–Crippen LogP) is 6.09. The number of halogens is 1. The van der Waals surface area contributed by atoms with Crippen molar-refractivity contribution in [3.05, 3.63) is 11.8 Å². The van der Waals surface area contributed by atoms with Crippen molar-refractivity contribution in [3.8, 4) is 0 Å². The molecule has 2 unspecified atom stereocenters. The van der Waals surface area contributed by atoms with Gasteiger partial charge >= 0.3 is 0 Å². The fourth-order valence-corrected chi connectivity index (χ4v) is 3.02. The molecule has 1 fully saturated rings. The van der Waals surface area contributed by atoms with Gasteiger partial charge in [-0.25, -0.2) is 0 Å². The molecule has 0 bridgehead atoms. The molecule has 124 valence electrons. The van der Waals surface area contributed by atoms with Gasteiger partial charge in [-0.1, -0.05) is 62.6 Å². The van der Waals surface area contributed by atoms with Gasteiger partial charge in [0.05, 0.1) is 12.4 Å². The summed E-state index contributed by atoms with van der Waals surface area (Å²) in [5, 5.41) is 0. The van der Waals surface area contributed by atoms with Gasteiger partial charge in [-0.05, 0) is 38.2 Å². The van der Waals surface area contributed by atoms with Crippen LogP contribution in [0.25, 0.3) is 0 Å². The summed E-state index contributed by atoms with van der Waals surface area (Å²) in [6, 6.07) is 0. The van der Waals surface area contributed by atoms with E-state index in [9.17, 15) is 0 Å². The maximum atomic E-state index is 6.14. The minimum Gasteiger partial charge on any atom is -0.469 e. The van der Waals surface area contributed by atoms with Gasteiger partial charge in [-0.15, -0.1) is 0 Å². The zero-order chi connectivity index (χ0) is 15.7. The molecule has 0 heterocycles. The van der Waals surface area contributed by atoms with Crippen LogP contribution in [-0.4, -0.2) is 16.8 Å². The maximum absolute atomic E-state index is 6.14. The highest BCUT2D eigenvalue weighted by Crippen LogP contribution is 2.26. The number of hydrogen-bond acceptors (Lipinski definition) is 2. The van der Waals surface area contributed by atoms with E-state index in [0.29, 0.717) is 9.84 Å². The standard InChI is InChI=1S/C18H33IO2/c1-5-17(12-11-15(4)19)21-18(14(2)3)20-13-16-9-7-6-8-10-16/h5,14-16,18H,6-13H2,1-4H3/b17-5+. The van der Waals surface area contributed by atoms with Crippen molar-refractivity contribution in [1.29, 1.82) is 0 Å². The molecule has 0 aromatic rings. The van der Waals surface area contributed by atoms with Crippen molar-refractivity contribution in [2.45, 2.75) is 82.9 Å². The van der Waals surface area contributed by atoms with E-state index >= 15 is 0 Å². The van der Waals surface area contributed by atoms with E-state index in [2.05, 4.69) is 56.4 Å². The molecule has 1 saturated carbocycles. The van der Waals surface area contributed by atoms with Crippen LogP contribution < -0.4 is 0 Å². The van der Waals surface area contributed by atoms with E-state index < -0.39 is 0 Å². The molecule has 21 heavy (non-hydrogen) atoms. The Hall–Kier alpha value is 0.230. The lowest BCUT2D eigenvalue weighted by molar-refractivity contribution is -0.153. The third-order valence-corrected chi connectivity index (χ3v) is 4.77. The number of rotatable bonds is 9. The molecule has 2 nitrogen and oxygen atoms in total. The first-order valence-corrected chi connectivity index (χ1v) is 9.85. The Bertz CT molecular complexity index is 294. The Labute approximate surface area is 145 Å². The highest BCUT2D eigenvalue weighted by molar-refractivity contribution is 14.1. The van der Waals surface area contributed by atoms with E-state index in [1.54, 1.807) is 0 Å². The molecule has 3 heteroatoms. The highest BCUT2D eigenvalue weighted by Gasteiger charge is 2.20. The molecule has 0 amide bonds. The predicted molar refractivity (Wildman–Crippen MR) is 98.7 cm³/mol. The van der Waals surface area contributed by atoms with E-state index in [1.165, 1.54) is 32.1 Å². The van der Waals surface area contributed by atoms with Crippen molar-refractivity contribution in [1.82, 2.24) is 0 Å². The van der Waals surface area contributed by atoms with E-state index in [0.717, 1.165) is 31.1 Å². The van der Waals surface area contributed by atoms with Crippen LogP contribution in [0.15, 0.2) is 11.8 Å². The molecule has 0 radical (unpaired) electrons. The van der Waals surface area contributed by atoms with Gasteiger partial charge in [-0.3, -0.25) is 0 Å². The molecule has 1 aliphatic carbocycles. The fraction of sp³-hybridized carbons (Fsp3) is 0.889. The molecular weight excluding hydrogens is 375 g/mol. The molecule has 0 saturated heterocycles. The Morgan fingerprint density at radius 2 is 1.86 bits per heavy atom. The van der Waals surface area contributed by atoms with Crippen molar-refractivity contribution < 1.29 is 9.47 Å². The summed E-state index contributed by atoms with van der Waals surface area (Å²) in [6.45, 7) is 9.53. The van der Waals surface area contributed by atoms with Crippen LogP contribution in [0.5, 0.6) is 0 Å². The molecule has 0 aromatic heterocycles. The molecular formula is C18H33IO2. The summed E-state index contributed by atoms with van der Waals surface area (Å²) in [5.41, 5.74) is 0. The summed E-state index contributed by atoms with van der Waals surface area (Å²) >= 11 is 2.47. The van der Waals surface area contributed by atoms with Crippen LogP contribution in [0.1, 0.15) is 72.6 Å². The monoisotopic (exact) mass is 408 g/mol. The smallest absolute Gasteiger partial charge is 0.201 e. The largest absolute Gasteiger partial charge is 0.469 e. The second kappa shape index (κ2) is 10.9. The van der Waals surface area contributed by atoms with Gasteiger partial charge in [-0.2, -0.15) is 0 Å². The molecule has 1 aliphatic rings. The van der Waals surface area contributed by atoms with Gasteiger partial charge in [0.15, 0.2) is 0 Å². The minimum atomic E-state index is -0.0948. The lowest BCUT2D eigenvalue weighted by Crippen LogP contribution is -2.27. The quantitative estimate of drug-likeness (QED) is 0.199. The summed E-state index contributed by atoms with van der Waals surface area (Å²) in [7, 11) is 0. The van der Waals surface area contributed by atoms with E-state index in [-0.39, 0.29) is 6.29 Å². The number of ether oxygens (including phenoxy) is 2. The number of alkyl halides is 1. The number of hydrogen-bond donors (Lipinski definition) is 0. The molecule has 1 rings (SSSR count). The lowest BCUT2D eigenvalue weighted by atomic mass is 9.90. The summed E-state index contributed by atoms with van der Waals surface area (Å²) in [5.74, 6) is 2.22. The zero-order valence-electron chi connectivity index (χ0n) is 14.2. The maximum Gasteiger partial charge on any atom is 0.201 e. The number of allylic oxidation sites excluding steroid dienone is 2. The highest BCUT2D eigenvalue weighted by atomic mass is 127. The summed E-state index contributed by atoms with van der Waals surface area (Å²) in [4.78, 5) is 0. The van der Waals surface area contributed by atoms with Gasteiger partial charge in [0.25, 0.3) is 0 Å². The SMILES string of the molecule is C/C=C(\CCC(C)I)OC(OCC1CCCCC1)C(C)C. The van der Waals surface area contributed by atoms with Crippen LogP contribution in [0, 0.1) is 11.8 Å². The first kappa shape index (κ1) is 19.3. The first-order valence-electron chi connectivity index (χ1n) is 8.60. The van der Waals surface area contributed by atoms with Crippen molar-refractivity contribution in [2.24, 2.45) is 11.8 Å². The van der Waals surface area contributed by atoms with Gasteiger partial charge in [0.1, 0.15) is 0 Å². The first-order chi connectivity index (χ1) is 10.0. The van der Waals surface area contributed by atoms with Crippen molar-refractivity contribution >= 4 is 22.6 Å². The molecule has 0 aliphatic heterocycles. The molecule has 0 spiro atoms. The Morgan fingerprint density at radius 1 is 1.19 bits per heavy atom. The van der Waals surface area contributed by atoms with E-state index in [1.807, 2.05) is 0 Å². The third-order valence-electron chi connectivity index (χ3n) is 4.14. The Balaban J connectivity index is 2.40. The average molecular weight is 408 g/mol. The van der Waals surface area contributed by atoms with Gasteiger partial charge in [0.2, 0.25) is 6.29 Å².